The Morgan fingerprint density at radius 2 is 1.52 bits per heavy atom. The van der Waals surface area contributed by atoms with Crippen molar-refractivity contribution in [3.8, 4) is 0 Å². The molecule has 0 bridgehead atoms. The van der Waals surface area contributed by atoms with Gasteiger partial charge in [0.1, 0.15) is 11.2 Å². The van der Waals surface area contributed by atoms with E-state index in [9.17, 15) is 9.59 Å². The van der Waals surface area contributed by atoms with Crippen molar-refractivity contribution in [1.29, 1.82) is 0 Å². The summed E-state index contributed by atoms with van der Waals surface area (Å²) < 4.78 is 16.4. The third-order valence-electron chi connectivity index (χ3n) is 3.56. The average molecular weight is 358 g/mol. The van der Waals surface area contributed by atoms with Crippen LogP contribution in [0, 0.1) is 0 Å². The number of amides is 2. The summed E-state index contributed by atoms with van der Waals surface area (Å²) in [6.45, 7) is 15.4. The van der Waals surface area contributed by atoms with Crippen molar-refractivity contribution in [3.05, 3.63) is 0 Å². The number of rotatable bonds is 4. The molecule has 2 amide bonds. The van der Waals surface area contributed by atoms with Crippen LogP contribution < -0.4 is 0 Å². The average Bonchev–Trinajstić information content (AvgIpc) is 2.43. The number of piperazine rings is 1. The Labute approximate surface area is 151 Å². The van der Waals surface area contributed by atoms with Crippen LogP contribution in [0.2, 0.25) is 0 Å². The Bertz CT molecular complexity index is 453. The summed E-state index contributed by atoms with van der Waals surface area (Å²) in [5.41, 5.74) is -1.09. The molecular formula is C18H34N2O5. The van der Waals surface area contributed by atoms with Gasteiger partial charge in [-0.3, -0.25) is 0 Å². The minimum atomic E-state index is -0.552. The van der Waals surface area contributed by atoms with Crippen molar-refractivity contribution >= 4 is 12.2 Å². The normalized spacial score (nSPS) is 18.9. The highest BCUT2D eigenvalue weighted by molar-refractivity contribution is 5.71. The second-order valence-corrected chi connectivity index (χ2v) is 8.24. The molecule has 0 aliphatic carbocycles. The van der Waals surface area contributed by atoms with Gasteiger partial charge in [0.25, 0.3) is 0 Å². The number of ether oxygens (including phenoxy) is 3. The quantitative estimate of drug-likeness (QED) is 0.722. The lowest BCUT2D eigenvalue weighted by Gasteiger charge is -2.41. The lowest BCUT2D eigenvalue weighted by atomic mass is 10.1. The molecule has 1 saturated heterocycles. The van der Waals surface area contributed by atoms with Crippen LogP contribution in [0.25, 0.3) is 0 Å². The fourth-order valence-electron chi connectivity index (χ4n) is 2.52. The Morgan fingerprint density at radius 1 is 0.960 bits per heavy atom. The van der Waals surface area contributed by atoms with Gasteiger partial charge >= 0.3 is 12.2 Å². The van der Waals surface area contributed by atoms with E-state index < -0.39 is 11.2 Å². The molecule has 1 unspecified atom stereocenters. The van der Waals surface area contributed by atoms with Crippen molar-refractivity contribution in [3.63, 3.8) is 0 Å². The maximum Gasteiger partial charge on any atom is 0.410 e. The van der Waals surface area contributed by atoms with Crippen molar-refractivity contribution in [2.75, 3.05) is 32.8 Å². The van der Waals surface area contributed by atoms with E-state index >= 15 is 0 Å². The van der Waals surface area contributed by atoms with Gasteiger partial charge in [0, 0.05) is 32.8 Å². The summed E-state index contributed by atoms with van der Waals surface area (Å²) in [4.78, 5) is 28.2. The van der Waals surface area contributed by atoms with Gasteiger partial charge in [0.05, 0.1) is 6.04 Å². The van der Waals surface area contributed by atoms with Crippen LogP contribution in [0.4, 0.5) is 9.59 Å². The topological polar surface area (TPSA) is 68.3 Å². The summed E-state index contributed by atoms with van der Waals surface area (Å²) in [5.74, 6) is 0. The second kappa shape index (κ2) is 8.74. The van der Waals surface area contributed by atoms with Gasteiger partial charge in [-0.1, -0.05) is 0 Å². The third kappa shape index (κ3) is 7.94. The largest absolute Gasteiger partial charge is 0.444 e. The molecule has 7 heteroatoms. The van der Waals surface area contributed by atoms with Crippen molar-refractivity contribution in [1.82, 2.24) is 9.80 Å². The molecule has 25 heavy (non-hydrogen) atoms. The lowest BCUT2D eigenvalue weighted by Crippen LogP contribution is -2.58. The van der Waals surface area contributed by atoms with Gasteiger partial charge in [-0.05, 0) is 54.9 Å². The van der Waals surface area contributed by atoms with Crippen LogP contribution >= 0.6 is 0 Å². The van der Waals surface area contributed by atoms with E-state index in [1.165, 1.54) is 0 Å². The van der Waals surface area contributed by atoms with E-state index in [4.69, 9.17) is 14.2 Å². The zero-order valence-electron chi connectivity index (χ0n) is 16.8. The molecule has 0 aromatic heterocycles. The fourth-order valence-corrected chi connectivity index (χ4v) is 2.52. The van der Waals surface area contributed by atoms with E-state index in [0.717, 1.165) is 0 Å². The van der Waals surface area contributed by atoms with Gasteiger partial charge in [0.15, 0.2) is 0 Å². The summed E-state index contributed by atoms with van der Waals surface area (Å²) >= 11 is 0. The Hall–Kier alpha value is -1.50. The molecule has 0 saturated carbocycles. The first-order valence-electron chi connectivity index (χ1n) is 8.98. The molecule has 1 heterocycles. The van der Waals surface area contributed by atoms with Gasteiger partial charge in [0.2, 0.25) is 0 Å². The van der Waals surface area contributed by atoms with Crippen LogP contribution in [-0.2, 0) is 14.2 Å². The summed E-state index contributed by atoms with van der Waals surface area (Å²) in [6, 6.07) is -0.150. The highest BCUT2D eigenvalue weighted by atomic mass is 16.6. The molecule has 0 aromatic carbocycles. The Balaban J connectivity index is 2.77. The predicted molar refractivity (Wildman–Crippen MR) is 95.6 cm³/mol. The standard InChI is InChI=1S/C18H34N2O5/c1-8-23-12-9-14-13-19(15(21)24-17(2,3)4)10-11-20(14)16(22)25-18(5,6)7/h14H,8-13H2,1-7H3. The fraction of sp³-hybridized carbons (Fsp3) is 0.889. The van der Waals surface area contributed by atoms with Gasteiger partial charge in [-0.25, -0.2) is 9.59 Å². The van der Waals surface area contributed by atoms with Crippen molar-refractivity contribution in [2.45, 2.75) is 72.1 Å². The van der Waals surface area contributed by atoms with E-state index in [1.54, 1.807) is 9.80 Å². The predicted octanol–water partition coefficient (Wildman–Crippen LogP) is 3.27. The summed E-state index contributed by atoms with van der Waals surface area (Å²) in [7, 11) is 0. The third-order valence-corrected chi connectivity index (χ3v) is 3.56. The smallest absolute Gasteiger partial charge is 0.410 e. The van der Waals surface area contributed by atoms with Crippen LogP contribution in [0.15, 0.2) is 0 Å². The minimum Gasteiger partial charge on any atom is -0.444 e. The number of nitrogens with zero attached hydrogens (tertiary/aromatic N) is 2. The number of carbonyl (C=O) groups excluding carboxylic acids is 2. The Morgan fingerprint density at radius 3 is 2.04 bits per heavy atom. The molecule has 146 valence electrons. The first kappa shape index (κ1) is 21.5. The van der Waals surface area contributed by atoms with Crippen LogP contribution in [-0.4, -0.2) is 72.1 Å². The van der Waals surface area contributed by atoms with E-state index in [0.29, 0.717) is 39.3 Å². The molecule has 1 atom stereocenters. The molecular weight excluding hydrogens is 324 g/mol. The maximum absolute atomic E-state index is 12.5. The SMILES string of the molecule is CCOCCC1CN(C(=O)OC(C)(C)C)CCN1C(=O)OC(C)(C)C. The number of hydrogen-bond donors (Lipinski definition) is 0. The summed E-state index contributed by atoms with van der Waals surface area (Å²) in [6.07, 6.45) is -0.0533. The summed E-state index contributed by atoms with van der Waals surface area (Å²) in [5, 5.41) is 0. The number of carbonyl (C=O) groups is 2. The highest BCUT2D eigenvalue weighted by Crippen LogP contribution is 2.20. The Kier molecular flexibility index (Phi) is 7.53. The number of hydrogen-bond acceptors (Lipinski definition) is 5. The monoisotopic (exact) mass is 358 g/mol. The first-order valence-corrected chi connectivity index (χ1v) is 8.98. The van der Waals surface area contributed by atoms with E-state index in [-0.39, 0.29) is 18.2 Å². The van der Waals surface area contributed by atoms with E-state index in [1.807, 2.05) is 48.5 Å². The van der Waals surface area contributed by atoms with Gasteiger partial charge in [-0.2, -0.15) is 0 Å². The zero-order chi connectivity index (χ0) is 19.3. The lowest BCUT2D eigenvalue weighted by molar-refractivity contribution is -0.0196. The van der Waals surface area contributed by atoms with Gasteiger partial charge < -0.3 is 24.0 Å². The minimum absolute atomic E-state index is 0.150. The van der Waals surface area contributed by atoms with Gasteiger partial charge in [-0.15, -0.1) is 0 Å². The van der Waals surface area contributed by atoms with E-state index in [2.05, 4.69) is 0 Å². The van der Waals surface area contributed by atoms with Crippen LogP contribution in [0.1, 0.15) is 54.9 Å². The van der Waals surface area contributed by atoms with Crippen LogP contribution in [0.3, 0.4) is 0 Å². The zero-order valence-corrected chi connectivity index (χ0v) is 16.8. The molecule has 7 nitrogen and oxygen atoms in total. The molecule has 0 N–H and O–H groups in total. The molecule has 1 fully saturated rings. The highest BCUT2D eigenvalue weighted by Gasteiger charge is 2.36. The molecule has 1 aliphatic heterocycles. The molecule has 0 spiro atoms. The molecule has 0 radical (unpaired) electrons. The molecule has 1 rings (SSSR count). The molecule has 0 aromatic rings. The van der Waals surface area contributed by atoms with Crippen molar-refractivity contribution in [2.24, 2.45) is 0 Å². The second-order valence-electron chi connectivity index (χ2n) is 8.24. The first-order chi connectivity index (χ1) is 11.4. The maximum atomic E-state index is 12.5. The van der Waals surface area contributed by atoms with Crippen LogP contribution in [0.5, 0.6) is 0 Å². The molecule has 1 aliphatic rings. The van der Waals surface area contributed by atoms with Crippen molar-refractivity contribution < 1.29 is 23.8 Å².